The van der Waals surface area contributed by atoms with E-state index in [2.05, 4.69) is 19.7 Å². The topological polar surface area (TPSA) is 92.0 Å². The zero-order chi connectivity index (χ0) is 24.0. The first-order chi connectivity index (χ1) is 15.8. The lowest BCUT2D eigenvalue weighted by atomic mass is 10.1. The zero-order valence-electron chi connectivity index (χ0n) is 17.2. The highest BCUT2D eigenvalue weighted by molar-refractivity contribution is 5.89. The molecule has 0 atom stereocenters. The number of hydrogen-bond donors (Lipinski definition) is 0. The van der Waals surface area contributed by atoms with Crippen molar-refractivity contribution in [2.24, 2.45) is 0 Å². The Balaban J connectivity index is 1.89. The van der Waals surface area contributed by atoms with Gasteiger partial charge in [0.2, 0.25) is 5.83 Å². The van der Waals surface area contributed by atoms with Crippen molar-refractivity contribution in [1.82, 2.24) is 0 Å². The molecular formula is C25H17FO7. The number of benzene rings is 2. The lowest BCUT2D eigenvalue weighted by Crippen LogP contribution is -2.10. The Labute approximate surface area is 188 Å². The van der Waals surface area contributed by atoms with Crippen molar-refractivity contribution in [3.63, 3.8) is 0 Å². The standard InChI is InChI=1S/C25H17FO7/c1-4-23(27)30-18-9-6-16(7-10-18)19-12-13-20(31-19)17-8-11-21(32-24(28)5-2)22(14-17)33-25(29)15(3)26/h4-14H,1-3H2. The minimum Gasteiger partial charge on any atom is -0.456 e. The van der Waals surface area contributed by atoms with Crippen molar-refractivity contribution in [3.05, 3.63) is 92.3 Å². The maximum absolute atomic E-state index is 13.1. The monoisotopic (exact) mass is 448 g/mol. The minimum absolute atomic E-state index is 0.116. The van der Waals surface area contributed by atoms with Crippen LogP contribution in [0.25, 0.3) is 22.6 Å². The highest BCUT2D eigenvalue weighted by atomic mass is 19.1. The molecule has 0 radical (unpaired) electrons. The van der Waals surface area contributed by atoms with Crippen molar-refractivity contribution < 1.29 is 37.4 Å². The number of carbonyl (C=O) groups is 3. The lowest BCUT2D eigenvalue weighted by molar-refractivity contribution is -0.133. The number of carbonyl (C=O) groups excluding carboxylic acids is 3. The fraction of sp³-hybridized carbons (Fsp3) is 0. The molecule has 2 aromatic carbocycles. The Morgan fingerprint density at radius 2 is 1.33 bits per heavy atom. The van der Waals surface area contributed by atoms with Crippen LogP contribution in [0.4, 0.5) is 4.39 Å². The summed E-state index contributed by atoms with van der Waals surface area (Å²) in [4.78, 5) is 34.5. The van der Waals surface area contributed by atoms with Crippen LogP contribution < -0.4 is 14.2 Å². The molecule has 0 aliphatic carbocycles. The normalized spacial score (nSPS) is 10.1. The summed E-state index contributed by atoms with van der Waals surface area (Å²) in [7, 11) is 0. The van der Waals surface area contributed by atoms with Crippen molar-refractivity contribution in [3.8, 4) is 39.9 Å². The molecular weight excluding hydrogens is 431 g/mol. The first kappa shape index (κ1) is 23.0. The predicted molar refractivity (Wildman–Crippen MR) is 117 cm³/mol. The summed E-state index contributed by atoms with van der Waals surface area (Å²) in [6, 6.07) is 14.3. The zero-order valence-corrected chi connectivity index (χ0v) is 17.2. The molecule has 1 heterocycles. The molecule has 0 N–H and O–H groups in total. The van der Waals surface area contributed by atoms with Crippen LogP contribution in [0.5, 0.6) is 17.2 Å². The van der Waals surface area contributed by atoms with Crippen LogP contribution in [0.15, 0.2) is 96.7 Å². The third-order valence-electron chi connectivity index (χ3n) is 4.16. The average molecular weight is 448 g/mol. The molecule has 0 bridgehead atoms. The molecule has 166 valence electrons. The Morgan fingerprint density at radius 1 is 0.758 bits per heavy atom. The van der Waals surface area contributed by atoms with E-state index in [1.165, 1.54) is 12.1 Å². The molecule has 3 rings (SSSR count). The van der Waals surface area contributed by atoms with Crippen LogP contribution in [0, 0.1) is 0 Å². The SMILES string of the molecule is C=CC(=O)Oc1ccc(-c2ccc(-c3ccc(OC(=O)C=C)c(OC(=O)C(=C)F)c3)o2)cc1. The number of hydrogen-bond acceptors (Lipinski definition) is 7. The summed E-state index contributed by atoms with van der Waals surface area (Å²) in [6.45, 7) is 9.52. The molecule has 1 aromatic heterocycles. The van der Waals surface area contributed by atoms with Crippen LogP contribution in [-0.2, 0) is 14.4 Å². The van der Waals surface area contributed by atoms with Gasteiger partial charge >= 0.3 is 17.9 Å². The summed E-state index contributed by atoms with van der Waals surface area (Å²) in [5.41, 5.74) is 1.17. The molecule has 0 aliphatic rings. The van der Waals surface area contributed by atoms with Crippen LogP contribution in [0.3, 0.4) is 0 Å². The van der Waals surface area contributed by atoms with Gasteiger partial charge in [0.15, 0.2) is 11.5 Å². The second-order valence-electron chi connectivity index (χ2n) is 6.39. The Bertz CT molecular complexity index is 1250. The van der Waals surface area contributed by atoms with Gasteiger partial charge in [-0.05, 0) is 54.6 Å². The van der Waals surface area contributed by atoms with Gasteiger partial charge in [0.05, 0.1) is 0 Å². The number of esters is 3. The maximum Gasteiger partial charge on any atom is 0.372 e. The van der Waals surface area contributed by atoms with Crippen molar-refractivity contribution in [2.45, 2.75) is 0 Å². The van der Waals surface area contributed by atoms with Gasteiger partial charge in [-0.3, -0.25) is 0 Å². The third kappa shape index (κ3) is 5.71. The van der Waals surface area contributed by atoms with Crippen LogP contribution in [0.2, 0.25) is 0 Å². The van der Waals surface area contributed by atoms with Gasteiger partial charge in [0.25, 0.3) is 0 Å². The van der Waals surface area contributed by atoms with E-state index in [0.717, 1.165) is 12.2 Å². The highest BCUT2D eigenvalue weighted by Gasteiger charge is 2.17. The fourth-order valence-corrected chi connectivity index (χ4v) is 2.62. The summed E-state index contributed by atoms with van der Waals surface area (Å²) < 4.78 is 34.0. The van der Waals surface area contributed by atoms with E-state index in [1.807, 2.05) is 0 Å². The molecule has 0 fully saturated rings. The summed E-state index contributed by atoms with van der Waals surface area (Å²) in [5.74, 6) is -3.09. The van der Waals surface area contributed by atoms with Gasteiger partial charge in [-0.25, -0.2) is 14.4 Å². The fourth-order valence-electron chi connectivity index (χ4n) is 2.62. The molecule has 3 aromatic rings. The van der Waals surface area contributed by atoms with Gasteiger partial charge < -0.3 is 18.6 Å². The predicted octanol–water partition coefficient (Wildman–Crippen LogP) is 5.19. The molecule has 0 unspecified atom stereocenters. The smallest absolute Gasteiger partial charge is 0.372 e. The molecule has 8 heteroatoms. The van der Waals surface area contributed by atoms with Crippen molar-refractivity contribution in [1.29, 1.82) is 0 Å². The second kappa shape index (κ2) is 10.1. The van der Waals surface area contributed by atoms with Gasteiger partial charge in [0, 0.05) is 23.3 Å². The van der Waals surface area contributed by atoms with Crippen LogP contribution in [-0.4, -0.2) is 17.9 Å². The quantitative estimate of drug-likeness (QED) is 0.266. The van der Waals surface area contributed by atoms with Crippen LogP contribution >= 0.6 is 0 Å². The van der Waals surface area contributed by atoms with Gasteiger partial charge in [-0.15, -0.1) is 0 Å². The Morgan fingerprint density at radius 3 is 1.94 bits per heavy atom. The highest BCUT2D eigenvalue weighted by Crippen LogP contribution is 2.36. The van der Waals surface area contributed by atoms with E-state index in [9.17, 15) is 18.8 Å². The molecule has 7 nitrogen and oxygen atoms in total. The lowest BCUT2D eigenvalue weighted by Gasteiger charge is -2.10. The number of ether oxygens (including phenoxy) is 3. The van der Waals surface area contributed by atoms with E-state index in [4.69, 9.17) is 18.6 Å². The summed E-state index contributed by atoms with van der Waals surface area (Å²) >= 11 is 0. The molecule has 0 spiro atoms. The number of rotatable bonds is 8. The molecule has 0 saturated heterocycles. The molecule has 0 saturated carbocycles. The van der Waals surface area contributed by atoms with E-state index in [1.54, 1.807) is 42.5 Å². The summed E-state index contributed by atoms with van der Waals surface area (Å²) in [6.07, 6.45) is 1.99. The van der Waals surface area contributed by atoms with Gasteiger partial charge in [-0.1, -0.05) is 19.7 Å². The van der Waals surface area contributed by atoms with E-state index in [-0.39, 0.29) is 11.5 Å². The van der Waals surface area contributed by atoms with Crippen molar-refractivity contribution >= 4 is 17.9 Å². The van der Waals surface area contributed by atoms with E-state index >= 15 is 0 Å². The maximum atomic E-state index is 13.1. The van der Waals surface area contributed by atoms with Gasteiger partial charge in [0.1, 0.15) is 17.3 Å². The van der Waals surface area contributed by atoms with E-state index < -0.39 is 23.7 Å². The third-order valence-corrected chi connectivity index (χ3v) is 4.16. The number of furan rings is 1. The largest absolute Gasteiger partial charge is 0.456 e. The first-order valence-corrected chi connectivity index (χ1v) is 9.40. The van der Waals surface area contributed by atoms with Crippen LogP contribution in [0.1, 0.15) is 0 Å². The molecule has 0 amide bonds. The van der Waals surface area contributed by atoms with Crippen molar-refractivity contribution in [2.75, 3.05) is 0 Å². The number of halogens is 1. The Hall–Kier alpha value is -4.72. The van der Waals surface area contributed by atoms with E-state index in [0.29, 0.717) is 28.4 Å². The average Bonchev–Trinajstić information content (AvgIpc) is 3.30. The second-order valence-corrected chi connectivity index (χ2v) is 6.39. The molecule has 0 aliphatic heterocycles. The van der Waals surface area contributed by atoms with Gasteiger partial charge in [-0.2, -0.15) is 4.39 Å². The Kier molecular flexibility index (Phi) is 7.00. The first-order valence-electron chi connectivity index (χ1n) is 9.40. The minimum atomic E-state index is -1.33. The summed E-state index contributed by atoms with van der Waals surface area (Å²) in [5, 5.41) is 0. The molecule has 33 heavy (non-hydrogen) atoms.